The van der Waals surface area contributed by atoms with Crippen LogP contribution >= 0.6 is 11.6 Å². The minimum atomic E-state index is -3.43. The predicted octanol–water partition coefficient (Wildman–Crippen LogP) is 1.70. The first-order chi connectivity index (χ1) is 8.54. The summed E-state index contributed by atoms with van der Waals surface area (Å²) in [6, 6.07) is 6.38. The van der Waals surface area contributed by atoms with Crippen molar-refractivity contribution in [3.05, 3.63) is 29.3 Å². The number of nitrogens with two attached hydrogens (primary N) is 1. The Morgan fingerprint density at radius 3 is 2.89 bits per heavy atom. The molecule has 6 heteroatoms. The standard InChI is InChI=1S/C12H17ClN2O2S/c13-11-4-1-5-12(7-11)18(16,17)15-6-2-3-10(8-14)9-15/h1,4-5,7,10H,2-3,6,8-9,14H2. The van der Waals surface area contributed by atoms with Gasteiger partial charge in [0.05, 0.1) is 4.90 Å². The highest BCUT2D eigenvalue weighted by molar-refractivity contribution is 7.89. The van der Waals surface area contributed by atoms with Gasteiger partial charge in [-0.2, -0.15) is 4.31 Å². The fourth-order valence-electron chi connectivity index (χ4n) is 2.21. The lowest BCUT2D eigenvalue weighted by Gasteiger charge is -2.31. The molecule has 0 amide bonds. The van der Waals surface area contributed by atoms with Gasteiger partial charge in [-0.25, -0.2) is 8.42 Å². The Hall–Kier alpha value is -0.620. The molecule has 0 bridgehead atoms. The Bertz CT molecular complexity index is 519. The van der Waals surface area contributed by atoms with E-state index in [1.54, 1.807) is 18.2 Å². The van der Waals surface area contributed by atoms with Crippen LogP contribution in [0, 0.1) is 5.92 Å². The topological polar surface area (TPSA) is 63.4 Å². The highest BCUT2D eigenvalue weighted by atomic mass is 35.5. The van der Waals surface area contributed by atoms with Crippen LogP contribution < -0.4 is 5.73 Å². The minimum absolute atomic E-state index is 0.257. The Labute approximate surface area is 113 Å². The molecule has 1 fully saturated rings. The molecule has 2 rings (SSSR count). The molecule has 1 unspecified atom stereocenters. The van der Waals surface area contributed by atoms with E-state index < -0.39 is 10.0 Å². The van der Waals surface area contributed by atoms with Crippen molar-refractivity contribution in [1.29, 1.82) is 0 Å². The molecule has 2 N–H and O–H groups in total. The van der Waals surface area contributed by atoms with Crippen LogP contribution in [0.3, 0.4) is 0 Å². The van der Waals surface area contributed by atoms with E-state index >= 15 is 0 Å². The van der Waals surface area contributed by atoms with E-state index in [4.69, 9.17) is 17.3 Å². The summed E-state index contributed by atoms with van der Waals surface area (Å²) < 4.78 is 26.4. The molecule has 1 aliphatic rings. The van der Waals surface area contributed by atoms with Crippen LogP contribution in [-0.4, -0.2) is 32.4 Å². The molecule has 100 valence electrons. The molecule has 1 saturated heterocycles. The molecule has 1 aromatic rings. The average Bonchev–Trinajstić information content (AvgIpc) is 2.39. The normalized spacial score (nSPS) is 22.0. The Balaban J connectivity index is 2.25. The SMILES string of the molecule is NCC1CCCN(S(=O)(=O)c2cccc(Cl)c2)C1. The molecule has 0 aromatic heterocycles. The summed E-state index contributed by atoms with van der Waals surface area (Å²) in [5.74, 6) is 0.257. The van der Waals surface area contributed by atoms with Gasteiger partial charge in [0.15, 0.2) is 0 Å². The highest BCUT2D eigenvalue weighted by Gasteiger charge is 2.29. The second kappa shape index (κ2) is 5.57. The van der Waals surface area contributed by atoms with Crippen molar-refractivity contribution < 1.29 is 8.42 Å². The van der Waals surface area contributed by atoms with Crippen molar-refractivity contribution in [2.75, 3.05) is 19.6 Å². The number of nitrogens with zero attached hydrogens (tertiary/aromatic N) is 1. The van der Waals surface area contributed by atoms with Crippen molar-refractivity contribution in [3.8, 4) is 0 Å². The number of rotatable bonds is 3. The van der Waals surface area contributed by atoms with E-state index in [1.807, 2.05) is 0 Å². The van der Waals surface area contributed by atoms with E-state index in [0.29, 0.717) is 24.7 Å². The molecule has 4 nitrogen and oxygen atoms in total. The van der Waals surface area contributed by atoms with Gasteiger partial charge in [-0.15, -0.1) is 0 Å². The molecule has 0 aliphatic carbocycles. The minimum Gasteiger partial charge on any atom is -0.330 e. The first kappa shape index (κ1) is 13.8. The van der Waals surface area contributed by atoms with Gasteiger partial charge in [0, 0.05) is 18.1 Å². The third kappa shape index (κ3) is 2.85. The maximum absolute atomic E-state index is 12.4. The summed E-state index contributed by atoms with van der Waals surface area (Å²) in [6.07, 6.45) is 1.86. The van der Waals surface area contributed by atoms with E-state index in [-0.39, 0.29) is 10.8 Å². The van der Waals surface area contributed by atoms with Crippen molar-refractivity contribution >= 4 is 21.6 Å². The van der Waals surface area contributed by atoms with E-state index in [9.17, 15) is 8.42 Å². The average molecular weight is 289 g/mol. The van der Waals surface area contributed by atoms with Gasteiger partial charge in [-0.1, -0.05) is 17.7 Å². The summed E-state index contributed by atoms with van der Waals surface area (Å²) in [7, 11) is -3.43. The zero-order valence-corrected chi connectivity index (χ0v) is 11.6. The molecule has 1 aliphatic heterocycles. The van der Waals surface area contributed by atoms with Gasteiger partial charge < -0.3 is 5.73 Å². The van der Waals surface area contributed by atoms with E-state index in [0.717, 1.165) is 12.8 Å². The van der Waals surface area contributed by atoms with Gasteiger partial charge in [0.1, 0.15) is 0 Å². The zero-order valence-electron chi connectivity index (χ0n) is 10.0. The van der Waals surface area contributed by atoms with Crippen molar-refractivity contribution in [2.24, 2.45) is 11.7 Å². The maximum atomic E-state index is 12.4. The third-order valence-corrected chi connectivity index (χ3v) is 5.35. The zero-order chi connectivity index (χ0) is 13.2. The second-order valence-electron chi connectivity index (χ2n) is 4.56. The highest BCUT2D eigenvalue weighted by Crippen LogP contribution is 2.24. The van der Waals surface area contributed by atoms with Crippen molar-refractivity contribution in [3.63, 3.8) is 0 Å². The van der Waals surface area contributed by atoms with Crippen LogP contribution in [-0.2, 0) is 10.0 Å². The Morgan fingerprint density at radius 1 is 1.44 bits per heavy atom. The van der Waals surface area contributed by atoms with E-state index in [2.05, 4.69) is 0 Å². The molecule has 0 spiro atoms. The summed E-state index contributed by atoms with van der Waals surface area (Å²) in [4.78, 5) is 0.257. The maximum Gasteiger partial charge on any atom is 0.243 e. The fourth-order valence-corrected chi connectivity index (χ4v) is 4.07. The monoisotopic (exact) mass is 288 g/mol. The molecule has 1 heterocycles. The number of hydrogen-bond donors (Lipinski definition) is 1. The number of halogens is 1. The van der Waals surface area contributed by atoms with Crippen LogP contribution in [0.1, 0.15) is 12.8 Å². The number of benzene rings is 1. The van der Waals surface area contributed by atoms with Crippen LogP contribution in [0.15, 0.2) is 29.2 Å². The number of sulfonamides is 1. The largest absolute Gasteiger partial charge is 0.330 e. The quantitative estimate of drug-likeness (QED) is 0.921. The van der Waals surface area contributed by atoms with Crippen LogP contribution in [0.4, 0.5) is 0 Å². The number of piperidine rings is 1. The molecule has 0 radical (unpaired) electrons. The van der Waals surface area contributed by atoms with Crippen LogP contribution in [0.25, 0.3) is 0 Å². The summed E-state index contributed by atoms with van der Waals surface area (Å²) in [5.41, 5.74) is 5.63. The smallest absolute Gasteiger partial charge is 0.243 e. The van der Waals surface area contributed by atoms with Crippen LogP contribution in [0.2, 0.25) is 5.02 Å². The van der Waals surface area contributed by atoms with Crippen molar-refractivity contribution in [2.45, 2.75) is 17.7 Å². The lowest BCUT2D eigenvalue weighted by Crippen LogP contribution is -2.41. The van der Waals surface area contributed by atoms with Gasteiger partial charge in [0.25, 0.3) is 0 Å². The lowest BCUT2D eigenvalue weighted by molar-refractivity contribution is 0.271. The molecular weight excluding hydrogens is 272 g/mol. The summed E-state index contributed by atoms with van der Waals surface area (Å²) in [6.45, 7) is 1.60. The van der Waals surface area contributed by atoms with Gasteiger partial charge >= 0.3 is 0 Å². The molecule has 18 heavy (non-hydrogen) atoms. The van der Waals surface area contributed by atoms with Crippen molar-refractivity contribution in [1.82, 2.24) is 4.31 Å². The molecule has 1 atom stereocenters. The third-order valence-electron chi connectivity index (χ3n) is 3.25. The lowest BCUT2D eigenvalue weighted by atomic mass is 10.0. The van der Waals surface area contributed by atoms with Gasteiger partial charge in [0.2, 0.25) is 10.0 Å². The van der Waals surface area contributed by atoms with E-state index in [1.165, 1.54) is 10.4 Å². The molecular formula is C12H17ClN2O2S. The van der Waals surface area contributed by atoms with Gasteiger partial charge in [-0.05, 0) is 43.5 Å². The number of hydrogen-bond acceptors (Lipinski definition) is 3. The predicted molar refractivity (Wildman–Crippen MR) is 72.0 cm³/mol. The summed E-state index contributed by atoms with van der Waals surface area (Å²) >= 11 is 5.84. The van der Waals surface area contributed by atoms with Gasteiger partial charge in [-0.3, -0.25) is 0 Å². The Kier molecular flexibility index (Phi) is 4.27. The summed E-state index contributed by atoms with van der Waals surface area (Å²) in [5, 5.41) is 0.434. The first-order valence-electron chi connectivity index (χ1n) is 6.00. The fraction of sp³-hybridized carbons (Fsp3) is 0.500. The van der Waals surface area contributed by atoms with Crippen LogP contribution in [0.5, 0.6) is 0 Å². The first-order valence-corrected chi connectivity index (χ1v) is 7.81. The second-order valence-corrected chi connectivity index (χ2v) is 6.94. The molecule has 1 aromatic carbocycles. The molecule has 0 saturated carbocycles. The Morgan fingerprint density at radius 2 is 2.22 bits per heavy atom.